The molecule has 3 N–H and O–H groups in total. The molecule has 0 spiro atoms. The number of halogens is 1. The van der Waals surface area contributed by atoms with E-state index in [1.807, 2.05) is 25.1 Å². The lowest BCUT2D eigenvalue weighted by atomic mass is 10.2. The molecule has 6 heteroatoms. The molecule has 1 amide bonds. The van der Waals surface area contributed by atoms with Gasteiger partial charge in [-0.25, -0.2) is 0 Å². The average Bonchev–Trinajstić information content (AvgIpc) is 2.42. The van der Waals surface area contributed by atoms with Gasteiger partial charge in [0.25, 0.3) is 0 Å². The average molecular weight is 345 g/mol. The molecular formula is C14H21BrN2O3. The fraction of sp³-hybridized carbons (Fsp3) is 0.500. The molecule has 0 aliphatic rings. The molecule has 112 valence electrons. The summed E-state index contributed by atoms with van der Waals surface area (Å²) in [6.45, 7) is 4.18. The molecule has 1 aromatic carbocycles. The van der Waals surface area contributed by atoms with E-state index in [0.29, 0.717) is 5.75 Å². The van der Waals surface area contributed by atoms with Gasteiger partial charge in [-0.2, -0.15) is 0 Å². The van der Waals surface area contributed by atoms with Gasteiger partial charge in [0.05, 0.1) is 10.5 Å². The smallest absolute Gasteiger partial charge is 0.236 e. The van der Waals surface area contributed by atoms with E-state index in [4.69, 9.17) is 4.74 Å². The second-order valence-electron chi connectivity index (χ2n) is 4.64. The van der Waals surface area contributed by atoms with E-state index in [-0.39, 0.29) is 25.1 Å². The highest BCUT2D eigenvalue weighted by atomic mass is 79.9. The largest absolute Gasteiger partial charge is 0.490 e. The number of ether oxygens (including phenoxy) is 1. The Hall–Kier alpha value is -1.11. The number of carbonyl (C=O) groups is 1. The number of benzene rings is 1. The molecule has 0 heterocycles. The van der Waals surface area contributed by atoms with Crippen molar-refractivity contribution in [2.24, 2.45) is 0 Å². The lowest BCUT2D eigenvalue weighted by molar-refractivity contribution is -0.122. The van der Waals surface area contributed by atoms with Crippen molar-refractivity contribution in [1.29, 1.82) is 0 Å². The molecule has 1 rings (SSSR count). The van der Waals surface area contributed by atoms with Crippen LogP contribution in [0.2, 0.25) is 0 Å². The highest BCUT2D eigenvalue weighted by Crippen LogP contribution is 2.25. The topological polar surface area (TPSA) is 70.6 Å². The summed E-state index contributed by atoms with van der Waals surface area (Å²) >= 11 is 3.41. The highest BCUT2D eigenvalue weighted by Gasteiger charge is 2.13. The second-order valence-corrected chi connectivity index (χ2v) is 5.50. The number of amides is 1. The number of aliphatic hydroxyl groups is 1. The molecule has 0 aromatic heterocycles. The van der Waals surface area contributed by atoms with Gasteiger partial charge in [0.1, 0.15) is 18.5 Å². The van der Waals surface area contributed by atoms with E-state index >= 15 is 0 Å². The third-order valence-corrected chi connectivity index (χ3v) is 3.44. The van der Waals surface area contributed by atoms with Crippen molar-refractivity contribution in [3.8, 4) is 5.75 Å². The van der Waals surface area contributed by atoms with Crippen molar-refractivity contribution in [1.82, 2.24) is 10.6 Å². The third kappa shape index (κ3) is 5.48. The minimum Gasteiger partial charge on any atom is -0.490 e. The van der Waals surface area contributed by atoms with Crippen molar-refractivity contribution >= 4 is 21.8 Å². The number of hydrogen-bond donors (Lipinski definition) is 3. The van der Waals surface area contributed by atoms with Gasteiger partial charge in [0.2, 0.25) is 5.91 Å². The van der Waals surface area contributed by atoms with Crippen LogP contribution in [0.1, 0.15) is 12.5 Å². The fourth-order valence-corrected chi connectivity index (χ4v) is 2.20. The summed E-state index contributed by atoms with van der Waals surface area (Å²) in [5.74, 6) is 0.577. The molecule has 5 nitrogen and oxygen atoms in total. The summed E-state index contributed by atoms with van der Waals surface area (Å²) in [4.78, 5) is 11.3. The van der Waals surface area contributed by atoms with Crippen LogP contribution < -0.4 is 15.4 Å². The molecule has 0 bridgehead atoms. The van der Waals surface area contributed by atoms with E-state index in [0.717, 1.165) is 10.0 Å². The summed E-state index contributed by atoms with van der Waals surface area (Å²) < 4.78 is 6.39. The molecular weight excluding hydrogens is 324 g/mol. The van der Waals surface area contributed by atoms with Crippen LogP contribution in [-0.2, 0) is 4.79 Å². The monoisotopic (exact) mass is 344 g/mol. The van der Waals surface area contributed by atoms with Crippen LogP contribution in [0, 0.1) is 6.92 Å². The second kappa shape index (κ2) is 8.24. The van der Waals surface area contributed by atoms with Crippen molar-refractivity contribution in [2.45, 2.75) is 26.0 Å². The van der Waals surface area contributed by atoms with Crippen LogP contribution in [0.15, 0.2) is 22.7 Å². The predicted molar refractivity (Wildman–Crippen MR) is 81.9 cm³/mol. The molecule has 20 heavy (non-hydrogen) atoms. The quantitative estimate of drug-likeness (QED) is 0.695. The van der Waals surface area contributed by atoms with E-state index in [1.165, 1.54) is 0 Å². The first kappa shape index (κ1) is 16.9. The predicted octanol–water partition coefficient (Wildman–Crippen LogP) is 1.22. The van der Waals surface area contributed by atoms with Gasteiger partial charge in [-0.1, -0.05) is 6.07 Å². The number of likely N-dealkylation sites (N-methyl/N-ethyl adjacent to an activating group) is 1. The van der Waals surface area contributed by atoms with Crippen molar-refractivity contribution in [3.63, 3.8) is 0 Å². The molecule has 0 saturated carbocycles. The third-order valence-electron chi connectivity index (χ3n) is 2.82. The van der Waals surface area contributed by atoms with E-state index < -0.39 is 6.10 Å². The lowest BCUT2D eigenvalue weighted by Gasteiger charge is -2.17. The number of hydrogen-bond acceptors (Lipinski definition) is 4. The number of aryl methyl sites for hydroxylation is 1. The van der Waals surface area contributed by atoms with Crippen LogP contribution in [0.5, 0.6) is 5.75 Å². The van der Waals surface area contributed by atoms with E-state index in [9.17, 15) is 9.90 Å². The van der Waals surface area contributed by atoms with E-state index in [2.05, 4.69) is 26.6 Å². The van der Waals surface area contributed by atoms with Crippen LogP contribution in [0.25, 0.3) is 0 Å². The summed E-state index contributed by atoms with van der Waals surface area (Å²) in [7, 11) is 1.58. The van der Waals surface area contributed by atoms with Crippen molar-refractivity contribution in [2.75, 3.05) is 20.2 Å². The lowest BCUT2D eigenvalue weighted by Crippen LogP contribution is -2.44. The summed E-state index contributed by atoms with van der Waals surface area (Å²) in [6, 6.07) is 5.40. The molecule has 2 unspecified atom stereocenters. The van der Waals surface area contributed by atoms with Gasteiger partial charge in [-0.05, 0) is 47.5 Å². The molecule has 0 fully saturated rings. The number of aliphatic hydroxyl groups excluding tert-OH is 1. The Bertz CT molecular complexity index is 454. The van der Waals surface area contributed by atoms with Crippen LogP contribution in [0.4, 0.5) is 0 Å². The SMILES string of the molecule is CNC(=O)C(C)NCC(O)COc1ccc(C)cc1Br. The van der Waals surface area contributed by atoms with Crippen molar-refractivity contribution in [3.05, 3.63) is 28.2 Å². The maximum Gasteiger partial charge on any atom is 0.236 e. The standard InChI is InChI=1S/C14H21BrN2O3/c1-9-4-5-13(12(15)6-9)20-8-11(18)7-17-10(2)14(19)16-3/h4-6,10-11,17-18H,7-8H2,1-3H3,(H,16,19). The number of nitrogens with one attached hydrogen (secondary N) is 2. The van der Waals surface area contributed by atoms with Gasteiger partial charge in [0, 0.05) is 13.6 Å². The first-order valence-electron chi connectivity index (χ1n) is 6.46. The minimum atomic E-state index is -0.685. The van der Waals surface area contributed by atoms with Gasteiger partial charge in [-0.15, -0.1) is 0 Å². The van der Waals surface area contributed by atoms with E-state index in [1.54, 1.807) is 14.0 Å². The number of carbonyl (C=O) groups excluding carboxylic acids is 1. The first-order valence-corrected chi connectivity index (χ1v) is 7.25. The zero-order chi connectivity index (χ0) is 15.1. The van der Waals surface area contributed by atoms with Crippen molar-refractivity contribution < 1.29 is 14.6 Å². The Balaban J connectivity index is 2.36. The Morgan fingerprint density at radius 3 is 2.80 bits per heavy atom. The molecule has 0 saturated heterocycles. The van der Waals surface area contributed by atoms with Gasteiger partial charge >= 0.3 is 0 Å². The minimum absolute atomic E-state index is 0.112. The van der Waals surface area contributed by atoms with Crippen LogP contribution in [-0.4, -0.2) is 43.4 Å². The maximum absolute atomic E-state index is 11.3. The number of rotatable bonds is 7. The van der Waals surface area contributed by atoms with Gasteiger partial charge in [-0.3, -0.25) is 4.79 Å². The zero-order valence-electron chi connectivity index (χ0n) is 11.9. The highest BCUT2D eigenvalue weighted by molar-refractivity contribution is 9.10. The molecule has 1 aromatic rings. The molecule has 0 aliphatic heterocycles. The Morgan fingerprint density at radius 2 is 2.20 bits per heavy atom. The summed E-state index contributed by atoms with van der Waals surface area (Å²) in [5, 5.41) is 15.3. The normalized spacial score (nSPS) is 13.7. The molecule has 0 aliphatic carbocycles. The first-order chi connectivity index (χ1) is 9.43. The summed E-state index contributed by atoms with van der Waals surface area (Å²) in [5.41, 5.74) is 1.13. The van der Waals surface area contributed by atoms with Crippen LogP contribution >= 0.6 is 15.9 Å². The Kier molecular flexibility index (Phi) is 6.98. The maximum atomic E-state index is 11.3. The molecule has 0 radical (unpaired) electrons. The van der Waals surface area contributed by atoms with Crippen LogP contribution in [0.3, 0.4) is 0 Å². The Labute approximate surface area is 127 Å². The zero-order valence-corrected chi connectivity index (χ0v) is 13.5. The summed E-state index contributed by atoms with van der Waals surface area (Å²) in [6.07, 6.45) is -0.685. The Morgan fingerprint density at radius 1 is 1.50 bits per heavy atom. The van der Waals surface area contributed by atoms with Gasteiger partial charge in [0.15, 0.2) is 0 Å². The fourth-order valence-electron chi connectivity index (χ4n) is 1.59. The molecule has 2 atom stereocenters. The van der Waals surface area contributed by atoms with Gasteiger partial charge < -0.3 is 20.5 Å².